The Kier molecular flexibility index (Phi) is 6.13. The topological polar surface area (TPSA) is 131 Å². The highest BCUT2D eigenvalue weighted by molar-refractivity contribution is 7.92. The largest absolute Gasteiger partial charge is 0.454 e. The monoisotopic (exact) mass is 439 g/mol. The molecule has 2 aromatic carbocycles. The fourth-order valence-corrected chi connectivity index (χ4v) is 5.20. The minimum absolute atomic E-state index is 0.0247. The van der Waals surface area contributed by atoms with Crippen LogP contribution in [0, 0.1) is 11.3 Å². The maximum Gasteiger partial charge on any atom is 0.338 e. The van der Waals surface area contributed by atoms with E-state index in [1.165, 1.54) is 35.5 Å². The predicted molar refractivity (Wildman–Crippen MR) is 114 cm³/mol. The summed E-state index contributed by atoms with van der Waals surface area (Å²) in [6.45, 7) is 2.54. The van der Waals surface area contributed by atoms with Gasteiger partial charge in [0.25, 0.3) is 10.0 Å². The lowest BCUT2D eigenvalue weighted by atomic mass is 10.1. The first-order valence-electron chi connectivity index (χ1n) is 9.46. The van der Waals surface area contributed by atoms with Gasteiger partial charge in [0.15, 0.2) is 6.61 Å². The van der Waals surface area contributed by atoms with Gasteiger partial charge in [-0.3, -0.25) is 9.10 Å². The Labute approximate surface area is 180 Å². The SMILES string of the molecule is C/C(N)=C(/C#N)C(=O)COC(=O)c1cccc(S(=O)(=O)N2c3ccccc3CC2C)c1. The number of ketones is 1. The molecule has 0 bridgehead atoms. The molecule has 0 radical (unpaired) electrons. The van der Waals surface area contributed by atoms with E-state index in [-0.39, 0.29) is 27.8 Å². The van der Waals surface area contributed by atoms with Gasteiger partial charge in [-0.15, -0.1) is 0 Å². The lowest BCUT2D eigenvalue weighted by molar-refractivity contribution is -0.118. The van der Waals surface area contributed by atoms with Gasteiger partial charge in [0, 0.05) is 11.7 Å². The van der Waals surface area contributed by atoms with Crippen molar-refractivity contribution >= 4 is 27.5 Å². The van der Waals surface area contributed by atoms with Crippen LogP contribution in [0.3, 0.4) is 0 Å². The number of carbonyl (C=O) groups excluding carboxylic acids is 2. The van der Waals surface area contributed by atoms with Crippen LogP contribution < -0.4 is 10.0 Å². The fraction of sp³-hybridized carbons (Fsp3) is 0.227. The number of rotatable bonds is 6. The van der Waals surface area contributed by atoms with E-state index in [9.17, 15) is 18.0 Å². The molecule has 9 heteroatoms. The van der Waals surface area contributed by atoms with Gasteiger partial charge < -0.3 is 10.5 Å². The third-order valence-electron chi connectivity index (χ3n) is 4.89. The Morgan fingerprint density at radius 1 is 1.23 bits per heavy atom. The molecule has 0 amide bonds. The normalized spacial score (nSPS) is 16.2. The zero-order chi connectivity index (χ0) is 22.8. The van der Waals surface area contributed by atoms with Gasteiger partial charge in [0.05, 0.1) is 16.1 Å². The Bertz CT molecular complexity index is 1220. The van der Waals surface area contributed by atoms with Crippen LogP contribution in [0.1, 0.15) is 29.8 Å². The summed E-state index contributed by atoms with van der Waals surface area (Å²) in [5, 5.41) is 8.95. The summed E-state index contributed by atoms with van der Waals surface area (Å²) in [5.41, 5.74) is 6.72. The van der Waals surface area contributed by atoms with E-state index in [1.807, 2.05) is 19.1 Å². The molecule has 8 nitrogen and oxygen atoms in total. The molecule has 0 saturated carbocycles. The van der Waals surface area contributed by atoms with E-state index in [0.717, 1.165) is 5.56 Å². The second-order valence-corrected chi connectivity index (χ2v) is 8.99. The molecule has 1 aliphatic rings. The van der Waals surface area contributed by atoms with Crippen molar-refractivity contribution in [2.45, 2.75) is 31.2 Å². The Balaban J connectivity index is 1.83. The highest BCUT2D eigenvalue weighted by Gasteiger charge is 2.36. The molecule has 160 valence electrons. The zero-order valence-electron chi connectivity index (χ0n) is 17.0. The molecule has 1 unspecified atom stereocenters. The Morgan fingerprint density at radius 3 is 2.61 bits per heavy atom. The molecular weight excluding hydrogens is 418 g/mol. The summed E-state index contributed by atoms with van der Waals surface area (Å²) in [6.07, 6.45) is 0.592. The number of hydrogen-bond acceptors (Lipinski definition) is 7. The smallest absolute Gasteiger partial charge is 0.338 e. The summed E-state index contributed by atoms with van der Waals surface area (Å²) in [5.74, 6) is -1.62. The number of allylic oxidation sites excluding steroid dienone is 1. The lowest BCUT2D eigenvalue weighted by Crippen LogP contribution is -2.35. The summed E-state index contributed by atoms with van der Waals surface area (Å²) < 4.78 is 32.9. The van der Waals surface area contributed by atoms with Crippen molar-refractivity contribution in [3.63, 3.8) is 0 Å². The van der Waals surface area contributed by atoms with Crippen LogP contribution in [0.15, 0.2) is 64.7 Å². The van der Waals surface area contributed by atoms with E-state index >= 15 is 0 Å². The van der Waals surface area contributed by atoms with Gasteiger partial charge >= 0.3 is 5.97 Å². The molecule has 0 aromatic heterocycles. The van der Waals surface area contributed by atoms with Crippen molar-refractivity contribution in [2.24, 2.45) is 5.73 Å². The highest BCUT2D eigenvalue weighted by atomic mass is 32.2. The van der Waals surface area contributed by atoms with Crippen LogP contribution in [0.4, 0.5) is 5.69 Å². The molecule has 31 heavy (non-hydrogen) atoms. The van der Waals surface area contributed by atoms with Crippen molar-refractivity contribution in [2.75, 3.05) is 10.9 Å². The van der Waals surface area contributed by atoms with E-state index in [1.54, 1.807) is 18.2 Å². The predicted octanol–water partition coefficient (Wildman–Crippen LogP) is 2.31. The number of hydrogen-bond donors (Lipinski definition) is 1. The molecule has 2 N–H and O–H groups in total. The van der Waals surface area contributed by atoms with Gasteiger partial charge in [-0.25, -0.2) is 13.2 Å². The lowest BCUT2D eigenvalue weighted by Gasteiger charge is -2.24. The molecule has 0 saturated heterocycles. The first-order valence-corrected chi connectivity index (χ1v) is 10.9. The second-order valence-electron chi connectivity index (χ2n) is 7.18. The minimum Gasteiger partial charge on any atom is -0.454 e. The quantitative estimate of drug-likeness (QED) is 0.415. The average Bonchev–Trinajstić information content (AvgIpc) is 3.08. The number of anilines is 1. The fourth-order valence-electron chi connectivity index (χ4n) is 3.46. The molecular formula is C22H21N3O5S. The Hall–Kier alpha value is -3.64. The number of nitrogens with two attached hydrogens (primary N) is 1. The van der Waals surface area contributed by atoms with Crippen molar-refractivity contribution in [1.82, 2.24) is 0 Å². The van der Waals surface area contributed by atoms with E-state index in [2.05, 4.69) is 0 Å². The number of benzene rings is 2. The number of sulfonamides is 1. The van der Waals surface area contributed by atoms with Crippen molar-refractivity contribution in [1.29, 1.82) is 5.26 Å². The second kappa shape index (κ2) is 8.62. The Morgan fingerprint density at radius 2 is 1.94 bits per heavy atom. The minimum atomic E-state index is -3.93. The average molecular weight is 439 g/mol. The van der Waals surface area contributed by atoms with Crippen molar-refractivity contribution in [3.8, 4) is 6.07 Å². The van der Waals surface area contributed by atoms with Crippen molar-refractivity contribution in [3.05, 3.63) is 70.9 Å². The molecule has 0 spiro atoms. The number of carbonyl (C=O) groups is 2. The first kappa shape index (κ1) is 22.1. The molecule has 2 aromatic rings. The van der Waals surface area contributed by atoms with Crippen LogP contribution in [0.2, 0.25) is 0 Å². The maximum atomic E-state index is 13.3. The molecule has 1 atom stereocenters. The van der Waals surface area contributed by atoms with Crippen LogP contribution >= 0.6 is 0 Å². The zero-order valence-corrected chi connectivity index (χ0v) is 17.8. The van der Waals surface area contributed by atoms with Gasteiger partial charge in [0.1, 0.15) is 11.6 Å². The van der Waals surface area contributed by atoms with E-state index < -0.39 is 28.4 Å². The number of para-hydroxylation sites is 1. The van der Waals surface area contributed by atoms with E-state index in [4.69, 9.17) is 15.7 Å². The van der Waals surface area contributed by atoms with Gasteiger partial charge in [-0.1, -0.05) is 24.3 Å². The van der Waals surface area contributed by atoms with Crippen LogP contribution in [0.5, 0.6) is 0 Å². The summed E-state index contributed by atoms with van der Waals surface area (Å²) >= 11 is 0. The van der Waals surface area contributed by atoms with Crippen LogP contribution in [0.25, 0.3) is 0 Å². The van der Waals surface area contributed by atoms with Gasteiger partial charge in [0.2, 0.25) is 5.78 Å². The standard InChI is InChI=1S/C22H21N3O5S/c1-14-10-16-6-3-4-9-20(16)25(14)31(28,29)18-8-5-7-17(11-18)22(27)30-13-21(26)19(12-23)15(2)24/h3-9,11,14H,10,13,24H2,1-2H3/b19-15+. The first-order chi connectivity index (χ1) is 14.7. The molecule has 0 aliphatic carbocycles. The van der Waals surface area contributed by atoms with Gasteiger partial charge in [-0.2, -0.15) is 5.26 Å². The molecule has 3 rings (SSSR count). The number of fused-ring (bicyclic) bond motifs is 1. The third-order valence-corrected chi connectivity index (χ3v) is 6.81. The third kappa shape index (κ3) is 4.29. The molecule has 1 aliphatic heterocycles. The number of ether oxygens (including phenoxy) is 1. The number of esters is 1. The summed E-state index contributed by atoms with van der Waals surface area (Å²) in [6, 6.07) is 14.1. The van der Waals surface area contributed by atoms with E-state index in [0.29, 0.717) is 12.1 Å². The van der Waals surface area contributed by atoms with Crippen LogP contribution in [-0.2, 0) is 26.0 Å². The summed E-state index contributed by atoms with van der Waals surface area (Å²) in [4.78, 5) is 24.3. The van der Waals surface area contributed by atoms with Gasteiger partial charge in [-0.05, 0) is 50.1 Å². The maximum absolute atomic E-state index is 13.3. The molecule has 0 fully saturated rings. The van der Waals surface area contributed by atoms with Crippen LogP contribution in [-0.4, -0.2) is 32.8 Å². The number of nitrogens with zero attached hydrogens (tertiary/aromatic N) is 2. The van der Waals surface area contributed by atoms with Crippen molar-refractivity contribution < 1.29 is 22.7 Å². The molecule has 1 heterocycles. The summed E-state index contributed by atoms with van der Waals surface area (Å²) in [7, 11) is -3.93. The number of nitriles is 1. The number of Topliss-reactive ketones (excluding diaryl/α,β-unsaturated/α-hetero) is 1. The highest BCUT2D eigenvalue weighted by Crippen LogP contribution is 2.36.